The van der Waals surface area contributed by atoms with Gasteiger partial charge in [0, 0.05) is 18.3 Å². The second-order valence-electron chi connectivity index (χ2n) is 2.80. The summed E-state index contributed by atoms with van der Waals surface area (Å²) in [5, 5.41) is 9.81. The van der Waals surface area contributed by atoms with E-state index in [1.165, 1.54) is 0 Å². The Morgan fingerprint density at radius 3 is 2.17 bits per heavy atom. The lowest BCUT2D eigenvalue weighted by Gasteiger charge is -2.43. The summed E-state index contributed by atoms with van der Waals surface area (Å²) in [5.41, 5.74) is 0. The molecule has 0 spiro atoms. The van der Waals surface area contributed by atoms with E-state index in [2.05, 4.69) is 0 Å². The van der Waals surface area contributed by atoms with E-state index < -0.39 is 36.6 Å². The molecule has 0 aromatic rings. The molecule has 0 aliphatic heterocycles. The summed E-state index contributed by atoms with van der Waals surface area (Å²) in [6.07, 6.45) is -2.09. The minimum atomic E-state index is -4.19. The van der Waals surface area contributed by atoms with Gasteiger partial charge >= 0.3 is 11.8 Å². The Morgan fingerprint density at radius 2 is 1.92 bits per heavy atom. The van der Waals surface area contributed by atoms with Gasteiger partial charge in [0.2, 0.25) is 0 Å². The monoisotopic (exact) mass is 185 g/mol. The van der Waals surface area contributed by atoms with E-state index in [-0.39, 0.29) is 0 Å². The van der Waals surface area contributed by atoms with E-state index in [9.17, 15) is 27.5 Å². The van der Waals surface area contributed by atoms with Crippen LogP contribution in [0, 0.1) is 5.92 Å². The molecule has 0 saturated heterocycles. The smallest absolute Gasteiger partial charge is 0.313 e. The molecule has 1 aliphatic rings. The highest BCUT2D eigenvalue weighted by Gasteiger charge is 2.71. The lowest BCUT2D eigenvalue weighted by atomic mass is 9.75. The molecule has 12 heavy (non-hydrogen) atoms. The van der Waals surface area contributed by atoms with Crippen molar-refractivity contribution in [3.8, 4) is 0 Å². The highest BCUT2D eigenvalue weighted by Crippen LogP contribution is 2.56. The number of halogens is 4. The van der Waals surface area contributed by atoms with Crippen LogP contribution in [0.15, 0.2) is 0 Å². The molecular formula is C6H5F4O2-. The molecule has 2 nitrogen and oxygen atoms in total. The highest BCUT2D eigenvalue weighted by molar-refractivity contribution is 5.65. The van der Waals surface area contributed by atoms with Crippen molar-refractivity contribution in [2.45, 2.75) is 24.7 Å². The number of alkyl halides is 4. The molecule has 1 saturated carbocycles. The van der Waals surface area contributed by atoms with Crippen molar-refractivity contribution in [1.29, 1.82) is 0 Å². The summed E-state index contributed by atoms with van der Waals surface area (Å²) in [7, 11) is 0. The summed E-state index contributed by atoms with van der Waals surface area (Å²) >= 11 is 0. The maximum Gasteiger partial charge on any atom is 0.313 e. The number of hydrogen-bond acceptors (Lipinski definition) is 2. The lowest BCUT2D eigenvalue weighted by molar-refractivity contribution is -0.334. The third kappa shape index (κ3) is 1.15. The van der Waals surface area contributed by atoms with E-state index in [0.717, 1.165) is 0 Å². The van der Waals surface area contributed by atoms with Crippen LogP contribution in [0.2, 0.25) is 0 Å². The van der Waals surface area contributed by atoms with E-state index in [0.29, 0.717) is 0 Å². The van der Waals surface area contributed by atoms with Crippen LogP contribution in [0.5, 0.6) is 0 Å². The first kappa shape index (κ1) is 9.28. The number of aliphatic carboxylic acids is 1. The summed E-state index contributed by atoms with van der Waals surface area (Å²) in [5.74, 6) is -11.7. The molecule has 1 atom stereocenters. The Kier molecular flexibility index (Phi) is 1.81. The minimum absolute atomic E-state index is 1.01. The standard InChI is InChI=1S/C6H6F4O2/c7-5(8)2-3(1-4(11)12)6(5,9)10/h3H,1-2H2,(H,11,12)/p-1/t3-/m1/s1. The average Bonchev–Trinajstić information content (AvgIpc) is 1.85. The molecule has 70 valence electrons. The van der Waals surface area contributed by atoms with Crippen LogP contribution >= 0.6 is 0 Å². The van der Waals surface area contributed by atoms with Crippen molar-refractivity contribution < 1.29 is 27.5 Å². The van der Waals surface area contributed by atoms with Crippen molar-refractivity contribution in [3.63, 3.8) is 0 Å². The zero-order chi connectivity index (χ0) is 9.57. The number of carbonyl (C=O) groups excluding carboxylic acids is 1. The zero-order valence-electron chi connectivity index (χ0n) is 5.82. The van der Waals surface area contributed by atoms with Gasteiger partial charge in [0.25, 0.3) is 0 Å². The fourth-order valence-electron chi connectivity index (χ4n) is 1.14. The van der Waals surface area contributed by atoms with Crippen LogP contribution in [0.3, 0.4) is 0 Å². The summed E-state index contributed by atoms with van der Waals surface area (Å²) < 4.78 is 48.7. The first-order valence-corrected chi connectivity index (χ1v) is 3.23. The average molecular weight is 185 g/mol. The van der Waals surface area contributed by atoms with Crippen LogP contribution in [0.25, 0.3) is 0 Å². The number of hydrogen-bond donors (Lipinski definition) is 0. The largest absolute Gasteiger partial charge is 0.550 e. The van der Waals surface area contributed by atoms with Gasteiger partial charge in [-0.05, 0) is 6.42 Å². The van der Waals surface area contributed by atoms with E-state index in [1.807, 2.05) is 0 Å². The van der Waals surface area contributed by atoms with Crippen LogP contribution in [-0.4, -0.2) is 17.8 Å². The Morgan fingerprint density at radius 1 is 1.42 bits per heavy atom. The third-order valence-electron chi connectivity index (χ3n) is 1.92. The maximum atomic E-state index is 12.3. The predicted molar refractivity (Wildman–Crippen MR) is 27.6 cm³/mol. The van der Waals surface area contributed by atoms with Crippen LogP contribution in [-0.2, 0) is 4.79 Å². The van der Waals surface area contributed by atoms with Gasteiger partial charge in [0.05, 0.1) is 0 Å². The van der Waals surface area contributed by atoms with Crippen molar-refractivity contribution in [2.75, 3.05) is 0 Å². The Labute approximate surface area is 65.2 Å². The van der Waals surface area contributed by atoms with Gasteiger partial charge in [-0.25, -0.2) is 0 Å². The van der Waals surface area contributed by atoms with Gasteiger partial charge < -0.3 is 9.90 Å². The molecular weight excluding hydrogens is 180 g/mol. The van der Waals surface area contributed by atoms with E-state index in [4.69, 9.17) is 0 Å². The van der Waals surface area contributed by atoms with E-state index in [1.54, 1.807) is 0 Å². The molecule has 0 aromatic heterocycles. The molecule has 1 aliphatic carbocycles. The molecule has 0 heterocycles. The Hall–Kier alpha value is -0.810. The van der Waals surface area contributed by atoms with Crippen LogP contribution in [0.1, 0.15) is 12.8 Å². The number of carboxylic acids is 1. The first-order valence-electron chi connectivity index (χ1n) is 3.23. The molecule has 1 fully saturated rings. The lowest BCUT2D eigenvalue weighted by Crippen LogP contribution is -2.59. The topological polar surface area (TPSA) is 40.1 Å². The third-order valence-corrected chi connectivity index (χ3v) is 1.92. The van der Waals surface area contributed by atoms with Crippen molar-refractivity contribution in [2.24, 2.45) is 5.92 Å². The molecule has 0 aromatic carbocycles. The van der Waals surface area contributed by atoms with Crippen molar-refractivity contribution >= 4 is 5.97 Å². The Bertz CT molecular complexity index is 214. The molecule has 0 amide bonds. The minimum Gasteiger partial charge on any atom is -0.550 e. The number of carbonyl (C=O) groups is 1. The molecule has 0 radical (unpaired) electrons. The zero-order valence-corrected chi connectivity index (χ0v) is 5.82. The van der Waals surface area contributed by atoms with E-state index >= 15 is 0 Å². The molecule has 6 heteroatoms. The first-order chi connectivity index (χ1) is 5.27. The summed E-state index contributed by atoms with van der Waals surface area (Å²) in [6, 6.07) is 0. The SMILES string of the molecule is O=C([O-])C[C@@H]1CC(F)(F)C1(F)F. The van der Waals surface area contributed by atoms with Gasteiger partial charge in [-0.3, -0.25) is 0 Å². The molecule has 0 unspecified atom stereocenters. The summed E-state index contributed by atoms with van der Waals surface area (Å²) in [4.78, 5) is 9.81. The second kappa shape index (κ2) is 2.34. The second-order valence-corrected chi connectivity index (χ2v) is 2.80. The van der Waals surface area contributed by atoms with Gasteiger partial charge in [0.15, 0.2) is 0 Å². The number of rotatable bonds is 2. The van der Waals surface area contributed by atoms with Crippen molar-refractivity contribution in [1.82, 2.24) is 0 Å². The maximum absolute atomic E-state index is 12.3. The fourth-order valence-corrected chi connectivity index (χ4v) is 1.14. The Balaban J connectivity index is 2.60. The highest BCUT2D eigenvalue weighted by atomic mass is 19.3. The van der Waals surface area contributed by atoms with Crippen LogP contribution in [0.4, 0.5) is 17.6 Å². The van der Waals surface area contributed by atoms with Gasteiger partial charge in [0.1, 0.15) is 0 Å². The number of carboxylic acid groups (broad SMARTS) is 1. The van der Waals surface area contributed by atoms with Gasteiger partial charge in [-0.1, -0.05) is 0 Å². The summed E-state index contributed by atoms with van der Waals surface area (Å²) in [6.45, 7) is 0. The fraction of sp³-hybridized carbons (Fsp3) is 0.833. The van der Waals surface area contributed by atoms with Crippen LogP contribution < -0.4 is 5.11 Å². The quantitative estimate of drug-likeness (QED) is 0.585. The normalized spacial score (nSPS) is 30.8. The van der Waals surface area contributed by atoms with Gasteiger partial charge in [-0.15, -0.1) is 0 Å². The molecule has 0 N–H and O–H groups in total. The molecule has 0 bridgehead atoms. The predicted octanol–water partition coefficient (Wildman–Crippen LogP) is 0.417. The van der Waals surface area contributed by atoms with Gasteiger partial charge in [-0.2, -0.15) is 17.6 Å². The molecule has 1 rings (SSSR count). The van der Waals surface area contributed by atoms with Crippen molar-refractivity contribution in [3.05, 3.63) is 0 Å².